The number of carbonyl (C=O) groups is 1. The molecule has 6 nitrogen and oxygen atoms in total. The SMILES string of the molecule is Cc1c(C(=O)OCCCC#N)sc2nc3n(c(=O)c12)CCC3. The highest BCUT2D eigenvalue weighted by Crippen LogP contribution is 2.29. The first-order valence-corrected chi connectivity index (χ1v) is 8.02. The predicted molar refractivity (Wildman–Crippen MR) is 82.1 cm³/mol. The van der Waals surface area contributed by atoms with E-state index in [0.29, 0.717) is 40.0 Å². The van der Waals surface area contributed by atoms with Crippen LogP contribution in [-0.2, 0) is 17.7 Å². The van der Waals surface area contributed by atoms with E-state index in [-0.39, 0.29) is 12.2 Å². The highest BCUT2D eigenvalue weighted by atomic mass is 32.1. The first kappa shape index (κ1) is 14.7. The Morgan fingerprint density at radius 2 is 2.36 bits per heavy atom. The number of rotatable bonds is 4. The molecule has 2 aromatic heterocycles. The van der Waals surface area contributed by atoms with Crippen LogP contribution in [0.5, 0.6) is 0 Å². The lowest BCUT2D eigenvalue weighted by atomic mass is 10.2. The predicted octanol–water partition coefficient (Wildman–Crippen LogP) is 2.17. The van der Waals surface area contributed by atoms with E-state index >= 15 is 0 Å². The topological polar surface area (TPSA) is 85.0 Å². The number of esters is 1. The van der Waals surface area contributed by atoms with E-state index in [0.717, 1.165) is 18.7 Å². The maximum atomic E-state index is 12.5. The van der Waals surface area contributed by atoms with Gasteiger partial charge in [-0.05, 0) is 25.3 Å². The highest BCUT2D eigenvalue weighted by molar-refractivity contribution is 7.20. The van der Waals surface area contributed by atoms with Gasteiger partial charge in [-0.3, -0.25) is 9.36 Å². The smallest absolute Gasteiger partial charge is 0.348 e. The first-order valence-electron chi connectivity index (χ1n) is 7.20. The quantitative estimate of drug-likeness (QED) is 0.637. The Labute approximate surface area is 131 Å². The van der Waals surface area contributed by atoms with Gasteiger partial charge in [0.1, 0.15) is 15.5 Å². The molecule has 0 saturated carbocycles. The summed E-state index contributed by atoms with van der Waals surface area (Å²) in [5.41, 5.74) is 0.583. The van der Waals surface area contributed by atoms with Gasteiger partial charge in [0.2, 0.25) is 0 Å². The van der Waals surface area contributed by atoms with Gasteiger partial charge < -0.3 is 4.74 Å². The van der Waals surface area contributed by atoms with Crippen LogP contribution in [0.1, 0.15) is 40.3 Å². The highest BCUT2D eigenvalue weighted by Gasteiger charge is 2.23. The molecule has 0 aromatic carbocycles. The van der Waals surface area contributed by atoms with E-state index in [1.165, 1.54) is 11.3 Å². The molecule has 3 rings (SSSR count). The van der Waals surface area contributed by atoms with Crippen molar-refractivity contribution in [2.45, 2.75) is 39.2 Å². The average Bonchev–Trinajstić information content (AvgIpc) is 3.09. The Morgan fingerprint density at radius 1 is 1.55 bits per heavy atom. The summed E-state index contributed by atoms with van der Waals surface area (Å²) in [6.07, 6.45) is 2.61. The normalized spacial score (nSPS) is 13.1. The molecule has 0 atom stereocenters. The third-order valence-electron chi connectivity index (χ3n) is 3.76. The van der Waals surface area contributed by atoms with Crippen LogP contribution in [-0.4, -0.2) is 22.1 Å². The second-order valence-corrected chi connectivity index (χ2v) is 6.22. The molecule has 0 radical (unpaired) electrons. The van der Waals surface area contributed by atoms with Gasteiger partial charge in [-0.1, -0.05) is 0 Å². The van der Waals surface area contributed by atoms with Gasteiger partial charge in [-0.25, -0.2) is 9.78 Å². The molecule has 0 unspecified atom stereocenters. The minimum atomic E-state index is -0.442. The van der Waals surface area contributed by atoms with Gasteiger partial charge in [0.25, 0.3) is 5.56 Å². The Morgan fingerprint density at radius 3 is 3.14 bits per heavy atom. The fourth-order valence-corrected chi connectivity index (χ4v) is 3.74. The molecule has 7 heteroatoms. The molecule has 0 aliphatic carbocycles. The minimum Gasteiger partial charge on any atom is -0.461 e. The molecule has 3 heterocycles. The molecule has 0 N–H and O–H groups in total. The number of fused-ring (bicyclic) bond motifs is 2. The summed E-state index contributed by atoms with van der Waals surface area (Å²) in [5.74, 6) is 0.357. The zero-order valence-corrected chi connectivity index (χ0v) is 13.0. The minimum absolute atomic E-state index is 0.0604. The van der Waals surface area contributed by atoms with Crippen LogP contribution in [0.25, 0.3) is 10.2 Å². The van der Waals surface area contributed by atoms with E-state index in [4.69, 9.17) is 10.00 Å². The second-order valence-electron chi connectivity index (χ2n) is 5.22. The van der Waals surface area contributed by atoms with Crippen LogP contribution < -0.4 is 5.56 Å². The molecule has 0 amide bonds. The zero-order valence-electron chi connectivity index (χ0n) is 12.2. The molecule has 0 saturated heterocycles. The van der Waals surface area contributed by atoms with E-state index in [1.807, 2.05) is 6.07 Å². The van der Waals surface area contributed by atoms with Crippen molar-refractivity contribution in [3.05, 3.63) is 26.6 Å². The summed E-state index contributed by atoms with van der Waals surface area (Å²) in [4.78, 5) is 30.2. The third kappa shape index (κ3) is 2.40. The molecule has 0 spiro atoms. The molecular formula is C15H15N3O3S. The van der Waals surface area contributed by atoms with E-state index in [2.05, 4.69) is 4.98 Å². The Bertz CT molecular complexity index is 844. The summed E-state index contributed by atoms with van der Waals surface area (Å²) in [7, 11) is 0. The van der Waals surface area contributed by atoms with E-state index < -0.39 is 5.97 Å². The van der Waals surface area contributed by atoms with Crippen LogP contribution in [0.2, 0.25) is 0 Å². The zero-order chi connectivity index (χ0) is 15.7. The maximum Gasteiger partial charge on any atom is 0.348 e. The van der Waals surface area contributed by atoms with Crippen LogP contribution in [0.3, 0.4) is 0 Å². The number of aryl methyl sites for hydroxylation is 2. The molecule has 1 aliphatic rings. The van der Waals surface area contributed by atoms with Crippen molar-refractivity contribution in [2.75, 3.05) is 6.61 Å². The number of thiophene rings is 1. The Kier molecular flexibility index (Phi) is 3.94. The fourth-order valence-electron chi connectivity index (χ4n) is 2.65. The lowest BCUT2D eigenvalue weighted by molar-refractivity contribution is 0.0507. The number of nitriles is 1. The summed E-state index contributed by atoms with van der Waals surface area (Å²) in [5, 5.41) is 8.99. The van der Waals surface area contributed by atoms with E-state index in [1.54, 1.807) is 11.5 Å². The van der Waals surface area contributed by atoms with Crippen LogP contribution in [0.15, 0.2) is 4.79 Å². The number of hydrogen-bond donors (Lipinski definition) is 0. The van der Waals surface area contributed by atoms with Crippen molar-refractivity contribution in [1.29, 1.82) is 5.26 Å². The van der Waals surface area contributed by atoms with Crippen molar-refractivity contribution in [3.8, 4) is 6.07 Å². The summed E-state index contributed by atoms with van der Waals surface area (Å²) >= 11 is 1.21. The van der Waals surface area contributed by atoms with Crippen molar-refractivity contribution in [2.24, 2.45) is 0 Å². The Hall–Kier alpha value is -2.20. The largest absolute Gasteiger partial charge is 0.461 e. The molecule has 0 fully saturated rings. The van der Waals surface area contributed by atoms with Crippen LogP contribution in [0, 0.1) is 18.3 Å². The number of aromatic nitrogens is 2. The number of unbranched alkanes of at least 4 members (excludes halogenated alkanes) is 1. The van der Waals surface area contributed by atoms with Crippen molar-refractivity contribution < 1.29 is 9.53 Å². The molecule has 2 aromatic rings. The fraction of sp³-hybridized carbons (Fsp3) is 0.467. The number of nitrogens with zero attached hydrogens (tertiary/aromatic N) is 3. The summed E-state index contributed by atoms with van der Waals surface area (Å²) < 4.78 is 6.86. The Balaban J connectivity index is 1.94. The summed E-state index contributed by atoms with van der Waals surface area (Å²) in [6.45, 7) is 2.67. The molecular weight excluding hydrogens is 302 g/mol. The van der Waals surface area contributed by atoms with Crippen molar-refractivity contribution >= 4 is 27.5 Å². The van der Waals surface area contributed by atoms with Gasteiger partial charge >= 0.3 is 5.97 Å². The number of hydrogen-bond acceptors (Lipinski definition) is 6. The van der Waals surface area contributed by atoms with Gasteiger partial charge in [-0.2, -0.15) is 5.26 Å². The van der Waals surface area contributed by atoms with Gasteiger partial charge in [0, 0.05) is 19.4 Å². The van der Waals surface area contributed by atoms with Crippen LogP contribution >= 0.6 is 11.3 Å². The molecule has 0 bridgehead atoms. The van der Waals surface area contributed by atoms with Crippen molar-refractivity contribution in [3.63, 3.8) is 0 Å². The average molecular weight is 317 g/mol. The summed E-state index contributed by atoms with van der Waals surface area (Å²) in [6, 6.07) is 2.00. The van der Waals surface area contributed by atoms with Gasteiger partial charge in [0.05, 0.1) is 18.1 Å². The maximum absolute atomic E-state index is 12.5. The molecule has 114 valence electrons. The first-order chi connectivity index (χ1) is 10.6. The van der Waals surface area contributed by atoms with E-state index in [9.17, 15) is 9.59 Å². The lowest BCUT2D eigenvalue weighted by Gasteiger charge is -2.02. The monoisotopic (exact) mass is 317 g/mol. The molecule has 1 aliphatic heterocycles. The van der Waals surface area contributed by atoms with Crippen LogP contribution in [0.4, 0.5) is 0 Å². The van der Waals surface area contributed by atoms with Gasteiger partial charge in [0.15, 0.2) is 0 Å². The second kappa shape index (κ2) is 5.89. The lowest BCUT2D eigenvalue weighted by Crippen LogP contribution is -2.20. The standard InChI is InChI=1S/C15H15N3O3S/c1-9-11-13(17-10-5-4-7-18(10)14(11)19)22-12(9)15(20)21-8-3-2-6-16/h2-5,7-8H2,1H3. The number of ether oxygens (including phenoxy) is 1. The third-order valence-corrected chi connectivity index (χ3v) is 4.93. The van der Waals surface area contributed by atoms with Crippen molar-refractivity contribution in [1.82, 2.24) is 9.55 Å². The molecule has 22 heavy (non-hydrogen) atoms. The number of carbonyl (C=O) groups excluding carboxylic acids is 1. The van der Waals surface area contributed by atoms with Gasteiger partial charge in [-0.15, -0.1) is 11.3 Å².